The monoisotopic (exact) mass is 277 g/mol. The lowest BCUT2D eigenvalue weighted by molar-refractivity contribution is 0.0798. The number of carbonyl (C=O) groups excluding carboxylic acids is 1. The topological polar surface area (TPSA) is 93.4 Å². The van der Waals surface area contributed by atoms with Crippen LogP contribution in [0, 0.1) is 0 Å². The number of sulfone groups is 1. The van der Waals surface area contributed by atoms with Gasteiger partial charge in [-0.2, -0.15) is 0 Å². The number of carbonyl (C=O) groups is 1. The molecule has 1 rings (SSSR count). The largest absolute Gasteiger partial charge is 0.339 e. The lowest BCUT2D eigenvalue weighted by atomic mass is 10.4. The minimum Gasteiger partial charge on any atom is -0.339 e. The van der Waals surface area contributed by atoms with Crippen molar-refractivity contribution in [1.82, 2.24) is 9.88 Å². The minimum absolute atomic E-state index is 0.0525. The van der Waals surface area contributed by atoms with E-state index in [2.05, 4.69) is 4.98 Å². The standard InChI is InChI=1S/C9H15N3O3S2/c1-12(3-4-17(2,14)15)9(13)7-6-16-8(5-10)11-7/h6H,3-5,10H2,1-2H3. The Bertz CT molecular complexity index is 495. The molecule has 1 heterocycles. The molecule has 6 nitrogen and oxygen atoms in total. The fourth-order valence-electron chi connectivity index (χ4n) is 1.10. The Kier molecular flexibility index (Phi) is 4.61. The van der Waals surface area contributed by atoms with Crippen molar-refractivity contribution in [3.05, 3.63) is 16.1 Å². The van der Waals surface area contributed by atoms with Gasteiger partial charge in [0.05, 0.1) is 5.75 Å². The van der Waals surface area contributed by atoms with Crippen molar-refractivity contribution in [2.24, 2.45) is 5.73 Å². The molecule has 2 N–H and O–H groups in total. The highest BCUT2D eigenvalue weighted by atomic mass is 32.2. The van der Waals surface area contributed by atoms with Crippen LogP contribution in [0.15, 0.2) is 5.38 Å². The van der Waals surface area contributed by atoms with Crippen molar-refractivity contribution in [3.8, 4) is 0 Å². The van der Waals surface area contributed by atoms with Crippen LogP contribution >= 0.6 is 11.3 Å². The first-order chi connectivity index (χ1) is 7.83. The van der Waals surface area contributed by atoms with E-state index in [9.17, 15) is 13.2 Å². The zero-order chi connectivity index (χ0) is 13.1. The lowest BCUT2D eigenvalue weighted by Gasteiger charge is -2.14. The quantitative estimate of drug-likeness (QED) is 0.799. The Hall–Kier alpha value is -0.990. The summed E-state index contributed by atoms with van der Waals surface area (Å²) < 4.78 is 22.0. The van der Waals surface area contributed by atoms with Crippen LogP contribution in [-0.2, 0) is 16.4 Å². The number of hydrogen-bond donors (Lipinski definition) is 1. The third-order valence-electron chi connectivity index (χ3n) is 2.09. The van der Waals surface area contributed by atoms with E-state index in [0.717, 1.165) is 6.26 Å². The molecule has 0 atom stereocenters. The van der Waals surface area contributed by atoms with Crippen molar-refractivity contribution in [2.45, 2.75) is 6.54 Å². The molecule has 0 unspecified atom stereocenters. The predicted molar refractivity (Wildman–Crippen MR) is 66.7 cm³/mol. The van der Waals surface area contributed by atoms with E-state index in [-0.39, 0.29) is 18.2 Å². The molecule has 0 saturated heterocycles. The molecular weight excluding hydrogens is 262 g/mol. The van der Waals surface area contributed by atoms with Crippen LogP contribution in [0.5, 0.6) is 0 Å². The van der Waals surface area contributed by atoms with Gasteiger partial charge in [-0.3, -0.25) is 4.79 Å². The Balaban J connectivity index is 2.63. The molecule has 96 valence electrons. The maximum absolute atomic E-state index is 11.8. The summed E-state index contributed by atoms with van der Waals surface area (Å²) >= 11 is 1.32. The Morgan fingerprint density at radius 2 is 2.24 bits per heavy atom. The lowest BCUT2D eigenvalue weighted by Crippen LogP contribution is -2.31. The van der Waals surface area contributed by atoms with E-state index in [1.165, 1.54) is 16.2 Å². The molecule has 1 amide bonds. The van der Waals surface area contributed by atoms with Crippen LogP contribution in [0.25, 0.3) is 0 Å². The van der Waals surface area contributed by atoms with Crippen molar-refractivity contribution < 1.29 is 13.2 Å². The zero-order valence-electron chi connectivity index (χ0n) is 9.71. The summed E-state index contributed by atoms with van der Waals surface area (Å²) in [5, 5.41) is 2.31. The van der Waals surface area contributed by atoms with Gasteiger partial charge >= 0.3 is 0 Å². The third kappa shape index (κ3) is 4.41. The first-order valence-electron chi connectivity index (χ1n) is 4.91. The molecule has 0 fully saturated rings. The van der Waals surface area contributed by atoms with Crippen LogP contribution in [-0.4, -0.2) is 49.8 Å². The maximum Gasteiger partial charge on any atom is 0.273 e. The number of nitrogens with zero attached hydrogens (tertiary/aromatic N) is 2. The molecule has 0 spiro atoms. The van der Waals surface area contributed by atoms with Crippen LogP contribution in [0.4, 0.5) is 0 Å². The van der Waals surface area contributed by atoms with Gasteiger partial charge in [-0.1, -0.05) is 0 Å². The van der Waals surface area contributed by atoms with E-state index in [1.54, 1.807) is 12.4 Å². The SMILES string of the molecule is CN(CCS(C)(=O)=O)C(=O)c1csc(CN)n1. The number of aromatic nitrogens is 1. The summed E-state index contributed by atoms with van der Waals surface area (Å²) in [5.74, 6) is -0.340. The van der Waals surface area contributed by atoms with Crippen LogP contribution in [0.1, 0.15) is 15.5 Å². The molecule has 17 heavy (non-hydrogen) atoms. The summed E-state index contributed by atoms with van der Waals surface area (Å²) in [6.45, 7) is 0.456. The van der Waals surface area contributed by atoms with E-state index < -0.39 is 9.84 Å². The van der Waals surface area contributed by atoms with Gasteiger partial charge in [0.15, 0.2) is 0 Å². The molecule has 1 aromatic heterocycles. The van der Waals surface area contributed by atoms with Gasteiger partial charge in [-0.05, 0) is 0 Å². The van der Waals surface area contributed by atoms with Gasteiger partial charge in [0.25, 0.3) is 5.91 Å². The summed E-state index contributed by atoms with van der Waals surface area (Å²) in [6, 6.07) is 0. The molecule has 0 aliphatic carbocycles. The highest BCUT2D eigenvalue weighted by molar-refractivity contribution is 7.90. The second kappa shape index (κ2) is 5.56. The van der Waals surface area contributed by atoms with Gasteiger partial charge in [0.2, 0.25) is 0 Å². The van der Waals surface area contributed by atoms with E-state index in [1.807, 2.05) is 0 Å². The molecule has 0 aromatic carbocycles. The third-order valence-corrected chi connectivity index (χ3v) is 3.88. The normalized spacial score (nSPS) is 11.5. The first-order valence-corrected chi connectivity index (χ1v) is 7.85. The van der Waals surface area contributed by atoms with Gasteiger partial charge in [-0.15, -0.1) is 11.3 Å². The maximum atomic E-state index is 11.8. The fraction of sp³-hybridized carbons (Fsp3) is 0.556. The molecule has 1 aromatic rings. The molecule has 0 aliphatic rings. The van der Waals surface area contributed by atoms with E-state index >= 15 is 0 Å². The van der Waals surface area contributed by atoms with E-state index in [0.29, 0.717) is 17.2 Å². The molecule has 0 bridgehead atoms. The molecular formula is C9H15N3O3S2. The fourth-order valence-corrected chi connectivity index (χ4v) is 2.36. The number of thiazole rings is 1. The van der Waals surface area contributed by atoms with Gasteiger partial charge in [0, 0.05) is 31.8 Å². The average Bonchev–Trinajstić information content (AvgIpc) is 2.72. The predicted octanol–water partition coefficient (Wildman–Crippen LogP) is -0.282. The van der Waals surface area contributed by atoms with Crippen molar-refractivity contribution in [1.29, 1.82) is 0 Å². The second-order valence-corrected chi connectivity index (χ2v) is 6.89. The van der Waals surface area contributed by atoms with Crippen molar-refractivity contribution in [2.75, 3.05) is 25.6 Å². The summed E-state index contributed by atoms with van der Waals surface area (Å²) in [4.78, 5) is 17.2. The molecule has 0 saturated carbocycles. The van der Waals surface area contributed by atoms with Crippen molar-refractivity contribution >= 4 is 27.1 Å². The summed E-state index contributed by atoms with van der Waals surface area (Å²) in [5.41, 5.74) is 5.71. The zero-order valence-corrected chi connectivity index (χ0v) is 11.3. The van der Waals surface area contributed by atoms with Gasteiger partial charge in [-0.25, -0.2) is 13.4 Å². The average molecular weight is 277 g/mol. The Labute approximate surface area is 104 Å². The van der Waals surface area contributed by atoms with E-state index in [4.69, 9.17) is 5.73 Å². The first kappa shape index (κ1) is 14.1. The number of amides is 1. The summed E-state index contributed by atoms with van der Waals surface area (Å²) in [6.07, 6.45) is 1.14. The van der Waals surface area contributed by atoms with Crippen LogP contribution in [0.3, 0.4) is 0 Å². The summed E-state index contributed by atoms with van der Waals surface area (Å²) in [7, 11) is -1.52. The Morgan fingerprint density at radius 1 is 1.59 bits per heavy atom. The number of hydrogen-bond acceptors (Lipinski definition) is 6. The highest BCUT2D eigenvalue weighted by Crippen LogP contribution is 2.10. The number of nitrogens with two attached hydrogens (primary N) is 1. The van der Waals surface area contributed by atoms with Gasteiger partial charge in [0.1, 0.15) is 20.5 Å². The molecule has 0 radical (unpaired) electrons. The molecule has 0 aliphatic heterocycles. The number of rotatable bonds is 5. The smallest absolute Gasteiger partial charge is 0.273 e. The molecule has 8 heteroatoms. The van der Waals surface area contributed by atoms with Crippen molar-refractivity contribution in [3.63, 3.8) is 0 Å². The van der Waals surface area contributed by atoms with Crippen LogP contribution < -0.4 is 5.73 Å². The Morgan fingerprint density at radius 3 is 2.71 bits per heavy atom. The van der Waals surface area contributed by atoms with Crippen LogP contribution in [0.2, 0.25) is 0 Å². The van der Waals surface area contributed by atoms with Gasteiger partial charge < -0.3 is 10.6 Å². The second-order valence-electron chi connectivity index (χ2n) is 3.69. The minimum atomic E-state index is -3.07. The highest BCUT2D eigenvalue weighted by Gasteiger charge is 2.16.